The number of aromatic amines is 2. The zero-order valence-corrected chi connectivity index (χ0v) is 58.1. The molecular formula is C86H95N5O2. The highest BCUT2D eigenvalue weighted by molar-refractivity contribution is 6.43. The first kappa shape index (κ1) is 63.3. The van der Waals surface area contributed by atoms with Crippen molar-refractivity contribution >= 4 is 107 Å². The molecule has 93 heavy (non-hydrogen) atoms. The number of para-hydroxylation sites is 1. The molecule has 0 saturated carbocycles. The molecule has 0 saturated heterocycles. The van der Waals surface area contributed by atoms with Crippen LogP contribution in [-0.2, 0) is 23.7 Å². The van der Waals surface area contributed by atoms with Crippen molar-refractivity contribution in [2.75, 3.05) is 4.90 Å². The zero-order valence-electron chi connectivity index (χ0n) is 58.1. The molecule has 10 aromatic rings. The largest absolute Gasteiger partial charge is 0.355 e. The minimum atomic E-state index is -0.276. The SMILES string of the molecule is CC(C)CCCC(C)Cc1c2nc(c(-c3ccc4c5ccc6c7c(ccc(c8cccc3c84)c75)C(=O)N(c3c(C(C)C)cccc3C(C)C)C6=O)c3ccc([nH]3)c(CC(C)CCCC(C)C)c3nc(c(-c4cc(C(C)(C)C)cc(C(C)(C)C)c4)c4ccc1[nH]4)C=C3)C=C2. The van der Waals surface area contributed by atoms with E-state index in [-0.39, 0.29) is 34.5 Å². The van der Waals surface area contributed by atoms with Gasteiger partial charge in [-0.2, -0.15) is 0 Å². The maximum Gasteiger partial charge on any atom is 0.266 e. The zero-order chi connectivity index (χ0) is 65.7. The predicted octanol–water partition coefficient (Wildman–Crippen LogP) is 23.7. The average molecular weight is 1230 g/mol. The van der Waals surface area contributed by atoms with Gasteiger partial charge in [-0.05, 0) is 191 Å². The molecule has 2 amide bonds. The smallest absolute Gasteiger partial charge is 0.266 e. The van der Waals surface area contributed by atoms with Crippen molar-refractivity contribution in [3.8, 4) is 22.3 Å². The van der Waals surface area contributed by atoms with E-state index in [0.717, 1.165) is 147 Å². The molecule has 3 aromatic heterocycles. The van der Waals surface area contributed by atoms with Gasteiger partial charge in [0.2, 0.25) is 0 Å². The lowest BCUT2D eigenvalue weighted by Crippen LogP contribution is -2.41. The Morgan fingerprint density at radius 1 is 0.419 bits per heavy atom. The lowest BCUT2D eigenvalue weighted by atomic mass is 9.79. The van der Waals surface area contributed by atoms with Crippen molar-refractivity contribution in [2.45, 2.75) is 185 Å². The lowest BCUT2D eigenvalue weighted by Gasteiger charge is -2.32. The average Bonchev–Trinajstić information content (AvgIpc) is 0.754. The Morgan fingerprint density at radius 2 is 0.839 bits per heavy atom. The minimum Gasteiger partial charge on any atom is -0.355 e. The van der Waals surface area contributed by atoms with Crippen molar-refractivity contribution in [1.29, 1.82) is 0 Å². The summed E-state index contributed by atoms with van der Waals surface area (Å²) in [7, 11) is 0. The summed E-state index contributed by atoms with van der Waals surface area (Å²) >= 11 is 0. The molecule has 13 rings (SSSR count). The van der Waals surface area contributed by atoms with Gasteiger partial charge in [0.05, 0.1) is 28.5 Å². The van der Waals surface area contributed by atoms with Crippen LogP contribution in [0.15, 0.2) is 115 Å². The summed E-state index contributed by atoms with van der Waals surface area (Å²) in [5.41, 5.74) is 21.0. The van der Waals surface area contributed by atoms with Crippen LogP contribution in [-0.4, -0.2) is 31.8 Å². The third-order valence-corrected chi connectivity index (χ3v) is 20.5. The standard InChI is InChI=1S/C86H95N5O2/c1-48(2)21-17-23-52(9)43-67-69-35-39-73(87-69)77(54-45-55(85(11,12)13)47-56(46-54)86(14,15)16)74-40-36-70(88-74)68(44-53(10)24-18-22-49(3)4)72-38-42-76(90-72)81(75-41-37-71(67)89-75)64-30-29-61-63-32-34-66-80-65(33-31-62(79(63)80)59-27-20-28-60(64)78(59)61)83(92)91(84(66)93)82-57(50(5)6)25-19-26-58(82)51(7)8/h19-20,25-42,45-53,87,90H,17-18,21-24,43-44H2,1-16H3. The molecule has 2 atom stereocenters. The third kappa shape index (κ3) is 11.6. The van der Waals surface area contributed by atoms with E-state index in [0.29, 0.717) is 34.8 Å². The van der Waals surface area contributed by atoms with Crippen LogP contribution in [0.25, 0.3) is 112 Å². The Kier molecular flexibility index (Phi) is 16.7. The van der Waals surface area contributed by atoms with E-state index in [9.17, 15) is 0 Å². The van der Waals surface area contributed by atoms with E-state index >= 15 is 9.59 Å². The second-order valence-corrected chi connectivity index (χ2v) is 31.3. The number of nitrogens with zero attached hydrogens (tertiary/aromatic N) is 3. The Bertz CT molecular complexity index is 4720. The molecule has 6 heterocycles. The van der Waals surface area contributed by atoms with Crippen LogP contribution in [0.4, 0.5) is 5.69 Å². The summed E-state index contributed by atoms with van der Waals surface area (Å²) in [5, 5.41) is 8.12. The highest BCUT2D eigenvalue weighted by Crippen LogP contribution is 2.49. The molecule has 0 radical (unpaired) electrons. The normalized spacial score (nSPS) is 14.4. The summed E-state index contributed by atoms with van der Waals surface area (Å²) in [5.74, 6) is 1.79. The first-order chi connectivity index (χ1) is 44.3. The van der Waals surface area contributed by atoms with E-state index in [4.69, 9.17) is 9.97 Å². The molecule has 7 heteroatoms. The number of benzene rings is 7. The minimum absolute atomic E-state index is 0.0804. The molecule has 8 bridgehead atoms. The number of carbonyl (C=O) groups is 2. The fraction of sp³-hybridized carbons (Fsp3) is 0.372. The second-order valence-electron chi connectivity index (χ2n) is 31.3. The van der Waals surface area contributed by atoms with Crippen molar-refractivity contribution in [1.82, 2.24) is 19.9 Å². The summed E-state index contributed by atoms with van der Waals surface area (Å²) in [6.45, 7) is 36.6. The monoisotopic (exact) mass is 1230 g/mol. The molecule has 7 nitrogen and oxygen atoms in total. The maximum atomic E-state index is 15.2. The number of aromatic nitrogens is 4. The molecule has 476 valence electrons. The van der Waals surface area contributed by atoms with Crippen molar-refractivity contribution in [3.63, 3.8) is 0 Å². The Hall–Kier alpha value is -8.42. The molecule has 0 spiro atoms. The van der Waals surface area contributed by atoms with Crippen LogP contribution < -0.4 is 4.90 Å². The van der Waals surface area contributed by atoms with Gasteiger partial charge in [-0.3, -0.25) is 9.59 Å². The third-order valence-electron chi connectivity index (χ3n) is 20.5. The van der Waals surface area contributed by atoms with Crippen LogP contribution in [0.1, 0.15) is 238 Å². The van der Waals surface area contributed by atoms with Crippen LogP contribution >= 0.6 is 0 Å². The Labute approximate surface area is 551 Å². The number of carbonyl (C=O) groups excluding carboxylic acids is 2. The quantitative estimate of drug-likeness (QED) is 0.0539. The van der Waals surface area contributed by atoms with Crippen molar-refractivity contribution in [3.05, 3.63) is 183 Å². The van der Waals surface area contributed by atoms with E-state index in [2.05, 4.69) is 248 Å². The highest BCUT2D eigenvalue weighted by Gasteiger charge is 2.38. The van der Waals surface area contributed by atoms with Gasteiger partial charge in [-0.15, -0.1) is 0 Å². The van der Waals surface area contributed by atoms with Crippen LogP contribution in [0.2, 0.25) is 0 Å². The van der Waals surface area contributed by atoms with Crippen LogP contribution in [0, 0.1) is 23.7 Å². The summed E-state index contributed by atoms with van der Waals surface area (Å²) < 4.78 is 0. The van der Waals surface area contributed by atoms with Gasteiger partial charge < -0.3 is 9.97 Å². The summed E-state index contributed by atoms with van der Waals surface area (Å²) in [6, 6.07) is 42.0. The number of hydrogen-bond donors (Lipinski definition) is 2. The van der Waals surface area contributed by atoms with E-state index in [1.807, 2.05) is 12.1 Å². The molecule has 7 aromatic carbocycles. The number of rotatable bonds is 17. The number of anilines is 1. The first-order valence-corrected chi connectivity index (χ1v) is 34.8. The van der Waals surface area contributed by atoms with Crippen LogP contribution in [0.5, 0.6) is 0 Å². The van der Waals surface area contributed by atoms with Crippen molar-refractivity contribution < 1.29 is 9.59 Å². The molecule has 0 fully saturated rings. The van der Waals surface area contributed by atoms with Crippen LogP contribution in [0.3, 0.4) is 0 Å². The summed E-state index contributed by atoms with van der Waals surface area (Å²) in [4.78, 5) is 51.8. The number of fused-ring (bicyclic) bond motifs is 10. The van der Waals surface area contributed by atoms with Gasteiger partial charge in [-0.1, -0.05) is 228 Å². The molecule has 2 N–H and O–H groups in total. The molecule has 2 unspecified atom stereocenters. The van der Waals surface area contributed by atoms with Gasteiger partial charge in [-0.25, -0.2) is 14.9 Å². The molecule has 0 aliphatic carbocycles. The Morgan fingerprint density at radius 3 is 1.32 bits per heavy atom. The number of imide groups is 1. The van der Waals surface area contributed by atoms with Gasteiger partial charge in [0.25, 0.3) is 11.8 Å². The summed E-state index contributed by atoms with van der Waals surface area (Å²) in [6.07, 6.45) is 17.8. The topological polar surface area (TPSA) is 94.7 Å². The number of nitrogens with one attached hydrogen (secondary N) is 2. The fourth-order valence-corrected chi connectivity index (χ4v) is 15.3. The van der Waals surface area contributed by atoms with Gasteiger partial charge in [0.15, 0.2) is 0 Å². The second kappa shape index (κ2) is 24.5. The van der Waals surface area contributed by atoms with Gasteiger partial charge >= 0.3 is 0 Å². The van der Waals surface area contributed by atoms with E-state index in [1.165, 1.54) is 58.4 Å². The predicted molar refractivity (Wildman–Crippen MR) is 397 cm³/mol. The van der Waals surface area contributed by atoms with E-state index < -0.39 is 0 Å². The number of amides is 2. The van der Waals surface area contributed by atoms with Crippen molar-refractivity contribution in [2.24, 2.45) is 23.7 Å². The van der Waals surface area contributed by atoms with Gasteiger partial charge in [0, 0.05) is 60.8 Å². The first-order valence-electron chi connectivity index (χ1n) is 34.8. The Balaban J connectivity index is 1.07. The highest BCUT2D eigenvalue weighted by atomic mass is 16.2. The lowest BCUT2D eigenvalue weighted by molar-refractivity contribution is 0.0892. The molecular weight excluding hydrogens is 1130 g/mol. The fourth-order valence-electron chi connectivity index (χ4n) is 15.3. The number of hydrogen-bond acceptors (Lipinski definition) is 4. The molecule has 3 aliphatic rings. The van der Waals surface area contributed by atoms with Gasteiger partial charge in [0.1, 0.15) is 0 Å². The maximum absolute atomic E-state index is 15.2. The molecule has 3 aliphatic heterocycles. The number of H-pyrrole nitrogens is 2. The van der Waals surface area contributed by atoms with E-state index in [1.54, 1.807) is 0 Å².